The van der Waals surface area contributed by atoms with Gasteiger partial charge in [0, 0.05) is 12.8 Å². The smallest absolute Gasteiger partial charge is 0.118 e. The summed E-state index contributed by atoms with van der Waals surface area (Å²) < 4.78 is 7.36. The highest BCUT2D eigenvalue weighted by Crippen LogP contribution is 2.62. The Kier molecular flexibility index (Phi) is 6.14. The first-order valence-corrected chi connectivity index (χ1v) is 13.0. The third-order valence-electron chi connectivity index (χ3n) is 10.1. The van der Waals surface area contributed by atoms with E-state index in [1.165, 1.54) is 36.0 Å². The Morgan fingerprint density at radius 2 is 1.97 bits per heavy atom. The van der Waals surface area contributed by atoms with Gasteiger partial charge in [-0.1, -0.05) is 38.1 Å². The number of allylic oxidation sites excluding steroid dienone is 1. The number of hydrogen-bond donors (Lipinski definition) is 2. The lowest BCUT2D eigenvalue weighted by molar-refractivity contribution is -0.0536. The van der Waals surface area contributed by atoms with Gasteiger partial charge in [0.25, 0.3) is 0 Å². The van der Waals surface area contributed by atoms with Crippen LogP contribution in [-0.2, 0) is 19.4 Å². The van der Waals surface area contributed by atoms with Crippen LogP contribution in [0.5, 0.6) is 5.75 Å². The van der Waals surface area contributed by atoms with E-state index >= 15 is 0 Å². The predicted octanol–water partition coefficient (Wildman–Crippen LogP) is 4.61. The average Bonchev–Trinajstić information content (AvgIpc) is 3.36. The molecule has 0 spiro atoms. The van der Waals surface area contributed by atoms with Crippen LogP contribution in [0, 0.1) is 34.5 Å². The molecular formula is C29H41N3O2. The molecule has 0 bridgehead atoms. The third kappa shape index (κ3) is 3.72. The molecule has 0 aliphatic heterocycles. The molecule has 34 heavy (non-hydrogen) atoms. The molecule has 5 heteroatoms. The van der Waals surface area contributed by atoms with E-state index in [2.05, 4.69) is 43.4 Å². The Morgan fingerprint density at radius 3 is 2.65 bits per heavy atom. The molecule has 3 aliphatic rings. The van der Waals surface area contributed by atoms with E-state index in [0.717, 1.165) is 43.8 Å². The van der Waals surface area contributed by atoms with Crippen LogP contribution in [-0.4, -0.2) is 35.1 Å². The molecular weight excluding hydrogens is 422 g/mol. The lowest BCUT2D eigenvalue weighted by Crippen LogP contribution is -2.53. The van der Waals surface area contributed by atoms with Crippen LogP contribution in [0.15, 0.2) is 42.6 Å². The van der Waals surface area contributed by atoms with Gasteiger partial charge >= 0.3 is 0 Å². The van der Waals surface area contributed by atoms with Crippen LogP contribution in [0.4, 0.5) is 0 Å². The van der Waals surface area contributed by atoms with Gasteiger partial charge in [-0.15, -0.1) is 0 Å². The summed E-state index contributed by atoms with van der Waals surface area (Å²) in [4.78, 5) is 0. The number of aromatic nitrogens is 2. The van der Waals surface area contributed by atoms with E-state index in [1.54, 1.807) is 7.11 Å². The highest BCUT2D eigenvalue weighted by molar-refractivity contribution is 5.29. The molecule has 2 saturated carbocycles. The van der Waals surface area contributed by atoms with Gasteiger partial charge in [0.1, 0.15) is 5.75 Å². The summed E-state index contributed by atoms with van der Waals surface area (Å²) in [7, 11) is 1.69. The predicted molar refractivity (Wildman–Crippen MR) is 136 cm³/mol. The molecule has 184 valence electrons. The van der Waals surface area contributed by atoms with Crippen LogP contribution in [0.1, 0.15) is 56.4 Å². The van der Waals surface area contributed by atoms with E-state index in [4.69, 9.17) is 15.6 Å². The highest BCUT2D eigenvalue weighted by atomic mass is 16.5. The number of aliphatic hydroxyl groups is 1. The minimum Gasteiger partial charge on any atom is -0.497 e. The van der Waals surface area contributed by atoms with E-state index in [-0.39, 0.29) is 23.4 Å². The lowest BCUT2D eigenvalue weighted by atomic mass is 9.49. The number of hydrogen-bond acceptors (Lipinski definition) is 4. The molecule has 1 aromatic heterocycles. The number of methoxy groups -OCH3 is 1. The van der Waals surface area contributed by atoms with Crippen molar-refractivity contribution in [2.75, 3.05) is 20.3 Å². The first-order valence-electron chi connectivity index (χ1n) is 13.0. The van der Waals surface area contributed by atoms with Crippen LogP contribution < -0.4 is 10.5 Å². The van der Waals surface area contributed by atoms with Crippen molar-refractivity contribution in [3.63, 3.8) is 0 Å². The zero-order valence-corrected chi connectivity index (χ0v) is 21.1. The fourth-order valence-corrected chi connectivity index (χ4v) is 7.89. The molecule has 0 amide bonds. The summed E-state index contributed by atoms with van der Waals surface area (Å²) in [6, 6.07) is 8.19. The maximum atomic E-state index is 10.5. The Balaban J connectivity index is 1.41. The molecule has 2 aromatic rings. The first kappa shape index (κ1) is 23.6. The van der Waals surface area contributed by atoms with E-state index in [0.29, 0.717) is 17.8 Å². The van der Waals surface area contributed by atoms with E-state index in [9.17, 15) is 5.11 Å². The summed E-state index contributed by atoms with van der Waals surface area (Å²) >= 11 is 0. The number of nitrogens with two attached hydrogens (primary N) is 1. The monoisotopic (exact) mass is 463 g/mol. The second kappa shape index (κ2) is 8.83. The molecule has 3 aliphatic carbocycles. The average molecular weight is 464 g/mol. The molecule has 0 saturated heterocycles. The standard InChI is InChI=1S/C29H41N3O2/c1-19-5-10-25-24(15-30)26(11-12-28(19,25)2)29(3)14-21-17-32(31-27(21)13-22(29)18-33)16-20-6-8-23(34-4)9-7-20/h6-9,17,22,24-26,33H,1,5,10-16,18,30H2,2-4H3/t22-,24+,25+,26+,28-,29+/m1/s1. The molecule has 1 aromatic carbocycles. The van der Waals surface area contributed by atoms with Crippen molar-refractivity contribution in [2.45, 2.75) is 58.9 Å². The normalized spacial score (nSPS) is 35.1. The molecule has 2 fully saturated rings. The number of benzene rings is 1. The summed E-state index contributed by atoms with van der Waals surface area (Å²) in [5, 5.41) is 15.5. The largest absolute Gasteiger partial charge is 0.497 e. The maximum Gasteiger partial charge on any atom is 0.118 e. The van der Waals surface area contributed by atoms with Crippen LogP contribution >= 0.6 is 0 Å². The van der Waals surface area contributed by atoms with Crippen molar-refractivity contribution in [2.24, 2.45) is 40.2 Å². The topological polar surface area (TPSA) is 73.3 Å². The third-order valence-corrected chi connectivity index (χ3v) is 10.1. The van der Waals surface area contributed by atoms with Crippen molar-refractivity contribution < 1.29 is 9.84 Å². The molecule has 6 atom stereocenters. The van der Waals surface area contributed by atoms with Gasteiger partial charge in [-0.05, 0) is 103 Å². The van der Waals surface area contributed by atoms with Crippen molar-refractivity contribution >= 4 is 0 Å². The Morgan fingerprint density at radius 1 is 1.21 bits per heavy atom. The number of rotatable bonds is 6. The minimum absolute atomic E-state index is 0.0328. The van der Waals surface area contributed by atoms with Gasteiger partial charge in [-0.2, -0.15) is 5.10 Å². The van der Waals surface area contributed by atoms with Gasteiger partial charge in [0.15, 0.2) is 0 Å². The fourth-order valence-electron chi connectivity index (χ4n) is 7.89. The van der Waals surface area contributed by atoms with E-state index in [1.807, 2.05) is 12.1 Å². The Hall–Kier alpha value is -2.11. The SMILES string of the molecule is C=C1CC[C@H]2[C@H](CN)[C@@H]([C@@]3(C)Cc4cn(Cc5ccc(OC)cc5)nc4C[C@@H]3CO)CC[C@]12C. The highest BCUT2D eigenvalue weighted by Gasteiger charge is 2.56. The molecule has 5 nitrogen and oxygen atoms in total. The summed E-state index contributed by atoms with van der Waals surface area (Å²) in [5.41, 5.74) is 11.9. The van der Waals surface area contributed by atoms with Crippen LogP contribution in [0.2, 0.25) is 0 Å². The molecule has 5 rings (SSSR count). The lowest BCUT2D eigenvalue weighted by Gasteiger charge is -2.55. The summed E-state index contributed by atoms with van der Waals surface area (Å²) in [6.45, 7) is 11.0. The van der Waals surface area contributed by atoms with Gasteiger partial charge in [0.2, 0.25) is 0 Å². The maximum absolute atomic E-state index is 10.5. The number of aliphatic hydroxyl groups excluding tert-OH is 1. The van der Waals surface area contributed by atoms with Gasteiger partial charge < -0.3 is 15.6 Å². The first-order chi connectivity index (χ1) is 16.3. The quantitative estimate of drug-likeness (QED) is 0.614. The number of fused-ring (bicyclic) bond motifs is 2. The zero-order valence-electron chi connectivity index (χ0n) is 21.1. The fraction of sp³-hybridized carbons (Fsp3) is 0.621. The summed E-state index contributed by atoms with van der Waals surface area (Å²) in [6.07, 6.45) is 8.81. The Labute approximate surface area is 204 Å². The van der Waals surface area contributed by atoms with Crippen molar-refractivity contribution in [1.82, 2.24) is 9.78 Å². The second-order valence-corrected chi connectivity index (χ2v) is 11.6. The molecule has 3 N–H and O–H groups in total. The van der Waals surface area contributed by atoms with Gasteiger partial charge in [-0.25, -0.2) is 0 Å². The number of ether oxygens (including phenoxy) is 1. The van der Waals surface area contributed by atoms with Crippen molar-refractivity contribution in [3.8, 4) is 5.75 Å². The van der Waals surface area contributed by atoms with Gasteiger partial charge in [-0.3, -0.25) is 4.68 Å². The van der Waals surface area contributed by atoms with E-state index < -0.39 is 0 Å². The Bertz CT molecular complexity index is 1040. The van der Waals surface area contributed by atoms with Crippen LogP contribution in [0.3, 0.4) is 0 Å². The molecule has 1 heterocycles. The van der Waals surface area contributed by atoms with Crippen LogP contribution in [0.25, 0.3) is 0 Å². The summed E-state index contributed by atoms with van der Waals surface area (Å²) in [5.74, 6) is 2.73. The molecule has 0 radical (unpaired) electrons. The number of nitrogens with zero attached hydrogens (tertiary/aromatic N) is 2. The van der Waals surface area contributed by atoms with Gasteiger partial charge in [0.05, 0.1) is 19.3 Å². The van der Waals surface area contributed by atoms with Crippen molar-refractivity contribution in [1.29, 1.82) is 0 Å². The zero-order chi connectivity index (χ0) is 24.1. The second-order valence-electron chi connectivity index (χ2n) is 11.6. The molecule has 0 unspecified atom stereocenters. The minimum atomic E-state index is 0.0328. The van der Waals surface area contributed by atoms with Crippen molar-refractivity contribution in [3.05, 3.63) is 59.4 Å².